The van der Waals surface area contributed by atoms with Gasteiger partial charge in [0.2, 0.25) is 0 Å². The van der Waals surface area contributed by atoms with Crippen molar-refractivity contribution in [2.45, 2.75) is 20.8 Å². The third-order valence-corrected chi connectivity index (χ3v) is 8.41. The van der Waals surface area contributed by atoms with Crippen LogP contribution >= 0.6 is 19.1 Å². The first-order valence-electron chi connectivity index (χ1n) is 7.75. The number of ether oxygens (including phenoxy) is 1. The summed E-state index contributed by atoms with van der Waals surface area (Å²) in [6.07, 6.45) is 0. The Bertz CT molecular complexity index is 742. The van der Waals surface area contributed by atoms with E-state index in [-0.39, 0.29) is 5.41 Å². The van der Waals surface area contributed by atoms with Gasteiger partial charge in [0.05, 0.1) is 7.11 Å². The summed E-state index contributed by atoms with van der Waals surface area (Å²) in [7, 11) is 1.73. The van der Waals surface area contributed by atoms with Crippen molar-refractivity contribution in [3.05, 3.63) is 54.6 Å². The normalized spacial score (nSPS) is 14.0. The van der Waals surface area contributed by atoms with E-state index in [9.17, 15) is 0 Å². The van der Waals surface area contributed by atoms with Crippen molar-refractivity contribution in [1.29, 1.82) is 0 Å². The Balaban J connectivity index is 2.76. The lowest BCUT2D eigenvalue weighted by Crippen LogP contribution is -2.25. The summed E-state index contributed by atoms with van der Waals surface area (Å²) in [4.78, 5) is 1.00. The fourth-order valence-electron chi connectivity index (χ4n) is 2.46. The molecule has 0 amide bonds. The molecule has 0 bridgehead atoms. The van der Waals surface area contributed by atoms with Crippen molar-refractivity contribution in [2.24, 2.45) is 5.41 Å². The molecule has 0 heterocycles. The fraction of sp³-hybridized carbons (Fsp3) is 0.300. The van der Waals surface area contributed by atoms with Gasteiger partial charge in [0.25, 0.3) is 0 Å². The van der Waals surface area contributed by atoms with Gasteiger partial charge in [-0.1, -0.05) is 81.5 Å². The lowest BCUT2D eigenvalue weighted by molar-refractivity contribution is 0.418. The van der Waals surface area contributed by atoms with Crippen molar-refractivity contribution in [3.8, 4) is 5.75 Å². The first kappa shape index (κ1) is 18.0. The molecule has 2 rings (SSSR count). The summed E-state index contributed by atoms with van der Waals surface area (Å²) in [5.41, 5.74) is -0.0204. The summed E-state index contributed by atoms with van der Waals surface area (Å²) in [6.45, 7) is 7.06. The van der Waals surface area contributed by atoms with Crippen molar-refractivity contribution in [3.63, 3.8) is 0 Å². The number of rotatable bonds is 4. The molecule has 0 radical (unpaired) electrons. The molecule has 2 aromatic carbocycles. The predicted molar refractivity (Wildman–Crippen MR) is 110 cm³/mol. The second-order valence-electron chi connectivity index (χ2n) is 6.83. The van der Waals surface area contributed by atoms with Crippen molar-refractivity contribution in [2.75, 3.05) is 13.8 Å². The van der Waals surface area contributed by atoms with Crippen LogP contribution in [0.15, 0.2) is 54.6 Å². The average molecular weight is 344 g/mol. The Labute approximate surface area is 145 Å². The topological polar surface area (TPSA) is 9.23 Å². The van der Waals surface area contributed by atoms with Gasteiger partial charge in [0.1, 0.15) is 5.75 Å². The lowest BCUT2D eigenvalue weighted by Gasteiger charge is -2.27. The smallest absolute Gasteiger partial charge is 0.126 e. The van der Waals surface area contributed by atoms with Crippen LogP contribution in [-0.4, -0.2) is 24.4 Å². The van der Waals surface area contributed by atoms with E-state index < -0.39 is 6.89 Å². The molecule has 0 aliphatic rings. The first-order chi connectivity index (χ1) is 10.8. The van der Waals surface area contributed by atoms with Crippen LogP contribution in [0.4, 0.5) is 0 Å². The monoisotopic (exact) mass is 344 g/mol. The highest BCUT2D eigenvalue weighted by Crippen LogP contribution is 2.44. The molecule has 0 N–H and O–H groups in total. The zero-order valence-corrected chi connectivity index (χ0v) is 16.2. The summed E-state index contributed by atoms with van der Waals surface area (Å²) < 4.78 is 5.64. The molecule has 1 unspecified atom stereocenters. The maximum atomic E-state index is 5.75. The molecular formula is C20H25OPS. The van der Waals surface area contributed by atoms with Crippen LogP contribution < -0.4 is 15.3 Å². The number of methoxy groups -OCH3 is 1. The molecular weight excluding hydrogens is 319 g/mol. The molecule has 1 nitrogen and oxygen atoms in total. The summed E-state index contributed by atoms with van der Waals surface area (Å²) in [5, 5.41) is 2.55. The quantitative estimate of drug-likeness (QED) is 0.596. The Morgan fingerprint density at radius 3 is 2.13 bits per heavy atom. The van der Waals surface area contributed by atoms with Crippen molar-refractivity contribution in [1.82, 2.24) is 0 Å². The maximum absolute atomic E-state index is 5.75. The van der Waals surface area contributed by atoms with Crippen molar-refractivity contribution >= 4 is 40.4 Å². The summed E-state index contributed by atoms with van der Waals surface area (Å²) in [6, 6.07) is 18.9. The van der Waals surface area contributed by atoms with Gasteiger partial charge in [-0.2, -0.15) is 0 Å². The number of benzene rings is 2. The highest BCUT2D eigenvalue weighted by atomic mass is 32.1. The van der Waals surface area contributed by atoms with Crippen LogP contribution in [0.5, 0.6) is 5.75 Å². The molecule has 23 heavy (non-hydrogen) atoms. The Kier molecular flexibility index (Phi) is 5.49. The van der Waals surface area contributed by atoms with E-state index in [2.05, 4.69) is 75.7 Å². The number of thiocarbonyl (C=S) groups is 1. The van der Waals surface area contributed by atoms with Crippen LogP contribution in [0.2, 0.25) is 0 Å². The van der Waals surface area contributed by atoms with Crippen LogP contribution in [0.25, 0.3) is 0 Å². The zero-order chi connectivity index (χ0) is 17.1. The largest absolute Gasteiger partial charge is 0.496 e. The standard InChI is InChI=1S/C20H25OPS/c1-20(2,3)19(23)15-22(5,16-11-7-6-8-12-16)18-14-10-9-13-17(18)21-4/h6-15H,1-5H3. The van der Waals surface area contributed by atoms with E-state index in [4.69, 9.17) is 17.0 Å². The highest BCUT2D eigenvalue weighted by Gasteiger charge is 2.24. The number of hydrogen-bond acceptors (Lipinski definition) is 2. The van der Waals surface area contributed by atoms with Crippen molar-refractivity contribution < 1.29 is 4.74 Å². The van der Waals surface area contributed by atoms with Gasteiger partial charge in [-0.15, -0.1) is 0 Å². The fourth-order valence-corrected chi connectivity index (χ4v) is 6.33. The molecule has 3 heteroatoms. The predicted octanol–water partition coefficient (Wildman–Crippen LogP) is 4.51. The molecule has 0 aliphatic carbocycles. The minimum absolute atomic E-state index is 0.0204. The van der Waals surface area contributed by atoms with E-state index in [1.807, 2.05) is 12.1 Å². The number of hydrogen-bond donors (Lipinski definition) is 0. The SMILES string of the molecule is COc1ccccc1P(C)(=CC(=S)C(C)(C)C)c1ccccc1. The van der Waals surface area contributed by atoms with Crippen LogP contribution in [-0.2, 0) is 0 Å². The first-order valence-corrected chi connectivity index (χ1v) is 10.5. The maximum Gasteiger partial charge on any atom is 0.126 e. The van der Waals surface area contributed by atoms with Gasteiger partial charge < -0.3 is 4.74 Å². The third kappa shape index (κ3) is 3.94. The van der Waals surface area contributed by atoms with E-state index in [0.29, 0.717) is 0 Å². The van der Waals surface area contributed by atoms with E-state index >= 15 is 0 Å². The molecule has 0 fully saturated rings. The van der Waals surface area contributed by atoms with E-state index in [0.717, 1.165) is 10.6 Å². The van der Waals surface area contributed by atoms with Gasteiger partial charge >= 0.3 is 0 Å². The van der Waals surface area contributed by atoms with Gasteiger partial charge in [-0.3, -0.25) is 0 Å². The summed E-state index contributed by atoms with van der Waals surface area (Å²) >= 11 is 5.75. The molecule has 122 valence electrons. The molecule has 0 saturated carbocycles. The van der Waals surface area contributed by atoms with E-state index in [1.165, 1.54) is 10.6 Å². The highest BCUT2D eigenvalue weighted by molar-refractivity contribution is 7.92. The van der Waals surface area contributed by atoms with E-state index in [1.54, 1.807) is 7.11 Å². The number of para-hydroxylation sites is 1. The van der Waals surface area contributed by atoms with Crippen LogP contribution in [0.1, 0.15) is 20.8 Å². The zero-order valence-electron chi connectivity index (χ0n) is 14.5. The van der Waals surface area contributed by atoms with Crippen LogP contribution in [0, 0.1) is 5.41 Å². The second kappa shape index (κ2) is 7.03. The molecule has 0 saturated heterocycles. The second-order valence-corrected chi connectivity index (χ2v) is 10.7. The molecule has 0 aromatic heterocycles. The van der Waals surface area contributed by atoms with Gasteiger partial charge in [0.15, 0.2) is 0 Å². The minimum Gasteiger partial charge on any atom is -0.496 e. The van der Waals surface area contributed by atoms with Gasteiger partial charge in [-0.05, 0) is 36.1 Å². The molecule has 0 aliphatic heterocycles. The minimum atomic E-state index is -1.77. The Morgan fingerprint density at radius 1 is 1.00 bits per heavy atom. The van der Waals surface area contributed by atoms with Gasteiger partial charge in [0, 0.05) is 10.2 Å². The Hall–Kier alpha value is -1.37. The summed E-state index contributed by atoms with van der Waals surface area (Å²) in [5.74, 6) is 3.25. The van der Waals surface area contributed by atoms with Gasteiger partial charge in [-0.25, -0.2) is 0 Å². The molecule has 2 aromatic rings. The Morgan fingerprint density at radius 2 is 1.57 bits per heavy atom. The van der Waals surface area contributed by atoms with Crippen LogP contribution in [0.3, 0.4) is 0 Å². The molecule has 0 spiro atoms. The average Bonchev–Trinajstić information content (AvgIpc) is 2.54. The third-order valence-electron chi connectivity index (χ3n) is 3.99. The lowest BCUT2D eigenvalue weighted by atomic mass is 9.93. The molecule has 1 atom stereocenters.